The highest BCUT2D eigenvalue weighted by atomic mass is 35.5. The third-order valence-electron chi connectivity index (χ3n) is 3.04. The van der Waals surface area contributed by atoms with Crippen LogP contribution in [0.1, 0.15) is 19.2 Å². The summed E-state index contributed by atoms with van der Waals surface area (Å²) in [5.74, 6) is 7.21. The molecule has 1 aromatic carbocycles. The molecule has 0 saturated heterocycles. The van der Waals surface area contributed by atoms with Crippen LogP contribution < -0.4 is 16.0 Å². The smallest absolute Gasteiger partial charge is 0.138 e. The van der Waals surface area contributed by atoms with Gasteiger partial charge in [-0.15, -0.1) is 0 Å². The lowest BCUT2D eigenvalue weighted by Crippen LogP contribution is -2.41. The lowest BCUT2D eigenvalue weighted by molar-refractivity contribution is 0.261. The first-order valence-corrected chi connectivity index (χ1v) is 7.32. The van der Waals surface area contributed by atoms with Gasteiger partial charge in [0.25, 0.3) is 0 Å². The van der Waals surface area contributed by atoms with Crippen molar-refractivity contribution in [1.29, 1.82) is 0 Å². The van der Waals surface area contributed by atoms with Gasteiger partial charge in [0.15, 0.2) is 0 Å². The molecule has 0 aliphatic heterocycles. The summed E-state index contributed by atoms with van der Waals surface area (Å²) in [5, 5.41) is 4.85. The SMILES string of the molecule is CCCn1ncnc1CC(COc1cccc(Cl)c1)NN. The molecule has 0 spiro atoms. The minimum absolute atomic E-state index is 0.0520. The minimum atomic E-state index is -0.0520. The minimum Gasteiger partial charge on any atom is -0.492 e. The quantitative estimate of drug-likeness (QED) is 0.574. The molecule has 1 aromatic heterocycles. The molecule has 2 rings (SSSR count). The van der Waals surface area contributed by atoms with E-state index in [9.17, 15) is 0 Å². The largest absolute Gasteiger partial charge is 0.492 e. The molecule has 6 nitrogen and oxygen atoms in total. The van der Waals surface area contributed by atoms with Crippen molar-refractivity contribution < 1.29 is 4.74 Å². The zero-order valence-electron chi connectivity index (χ0n) is 12.0. The predicted molar refractivity (Wildman–Crippen MR) is 82.1 cm³/mol. The molecule has 0 fully saturated rings. The first-order chi connectivity index (χ1) is 10.2. The van der Waals surface area contributed by atoms with E-state index >= 15 is 0 Å². The van der Waals surface area contributed by atoms with Gasteiger partial charge >= 0.3 is 0 Å². The number of rotatable bonds is 8. The topological polar surface area (TPSA) is 78.0 Å². The van der Waals surface area contributed by atoms with E-state index in [1.54, 1.807) is 18.5 Å². The van der Waals surface area contributed by atoms with Crippen LogP contribution in [0.4, 0.5) is 0 Å². The van der Waals surface area contributed by atoms with Crippen LogP contribution >= 0.6 is 11.6 Å². The number of halogens is 1. The monoisotopic (exact) mass is 309 g/mol. The molecular weight excluding hydrogens is 290 g/mol. The van der Waals surface area contributed by atoms with Crippen molar-refractivity contribution in [2.75, 3.05) is 6.61 Å². The number of benzene rings is 1. The van der Waals surface area contributed by atoms with Crippen LogP contribution in [0.5, 0.6) is 5.75 Å². The van der Waals surface area contributed by atoms with E-state index in [1.165, 1.54) is 0 Å². The molecule has 1 heterocycles. The normalized spacial score (nSPS) is 12.3. The summed E-state index contributed by atoms with van der Waals surface area (Å²) >= 11 is 5.92. The Balaban J connectivity index is 1.92. The van der Waals surface area contributed by atoms with E-state index in [0.717, 1.165) is 24.5 Å². The molecule has 1 atom stereocenters. The van der Waals surface area contributed by atoms with Crippen molar-refractivity contribution in [3.8, 4) is 5.75 Å². The number of ether oxygens (including phenoxy) is 1. The van der Waals surface area contributed by atoms with Gasteiger partial charge < -0.3 is 4.74 Å². The van der Waals surface area contributed by atoms with Gasteiger partial charge in [-0.2, -0.15) is 5.10 Å². The van der Waals surface area contributed by atoms with Crippen LogP contribution in [0.2, 0.25) is 5.02 Å². The Hall–Kier alpha value is -1.63. The zero-order valence-corrected chi connectivity index (χ0v) is 12.8. The summed E-state index contributed by atoms with van der Waals surface area (Å²) in [6, 6.07) is 7.23. The van der Waals surface area contributed by atoms with Gasteiger partial charge in [-0.1, -0.05) is 24.6 Å². The van der Waals surface area contributed by atoms with Crippen LogP contribution in [0.25, 0.3) is 0 Å². The summed E-state index contributed by atoms with van der Waals surface area (Å²) in [7, 11) is 0. The van der Waals surface area contributed by atoms with Gasteiger partial charge in [0.05, 0.1) is 6.04 Å². The molecule has 114 valence electrons. The maximum atomic E-state index is 5.92. The van der Waals surface area contributed by atoms with E-state index in [0.29, 0.717) is 18.1 Å². The van der Waals surface area contributed by atoms with Crippen molar-refractivity contribution in [2.24, 2.45) is 5.84 Å². The molecule has 0 amide bonds. The lowest BCUT2D eigenvalue weighted by atomic mass is 10.2. The van der Waals surface area contributed by atoms with Gasteiger partial charge in [-0.05, 0) is 24.6 Å². The molecular formula is C14H20ClN5O. The van der Waals surface area contributed by atoms with Crippen molar-refractivity contribution in [2.45, 2.75) is 32.4 Å². The average Bonchev–Trinajstić information content (AvgIpc) is 2.91. The maximum absolute atomic E-state index is 5.92. The van der Waals surface area contributed by atoms with Crippen LogP contribution in [0.15, 0.2) is 30.6 Å². The molecule has 0 saturated carbocycles. The Morgan fingerprint density at radius 2 is 2.33 bits per heavy atom. The van der Waals surface area contributed by atoms with E-state index < -0.39 is 0 Å². The van der Waals surface area contributed by atoms with Crippen LogP contribution in [0.3, 0.4) is 0 Å². The van der Waals surface area contributed by atoms with E-state index in [4.69, 9.17) is 22.2 Å². The number of nitrogens with two attached hydrogens (primary N) is 1. The summed E-state index contributed by atoms with van der Waals surface area (Å²) in [6.45, 7) is 3.38. The Labute approximate surface area is 129 Å². The molecule has 0 aliphatic carbocycles. The van der Waals surface area contributed by atoms with Crippen molar-refractivity contribution in [1.82, 2.24) is 20.2 Å². The van der Waals surface area contributed by atoms with Crippen molar-refractivity contribution in [3.05, 3.63) is 41.4 Å². The summed E-state index contributed by atoms with van der Waals surface area (Å²) in [6.07, 6.45) is 3.23. The molecule has 0 bridgehead atoms. The van der Waals surface area contributed by atoms with Gasteiger partial charge in [0, 0.05) is 18.0 Å². The fourth-order valence-corrected chi connectivity index (χ4v) is 2.16. The number of aryl methyl sites for hydroxylation is 1. The van der Waals surface area contributed by atoms with Gasteiger partial charge in [0.2, 0.25) is 0 Å². The van der Waals surface area contributed by atoms with Crippen LogP contribution in [0, 0.1) is 0 Å². The second-order valence-electron chi connectivity index (χ2n) is 4.74. The Bertz CT molecular complexity index is 560. The number of hydrogen-bond acceptors (Lipinski definition) is 5. The Kier molecular flexibility index (Phi) is 5.98. The highest BCUT2D eigenvalue weighted by molar-refractivity contribution is 6.30. The van der Waals surface area contributed by atoms with Crippen LogP contribution in [-0.4, -0.2) is 27.4 Å². The second-order valence-corrected chi connectivity index (χ2v) is 5.17. The van der Waals surface area contributed by atoms with Crippen molar-refractivity contribution in [3.63, 3.8) is 0 Å². The third-order valence-corrected chi connectivity index (χ3v) is 3.28. The fourth-order valence-electron chi connectivity index (χ4n) is 1.98. The maximum Gasteiger partial charge on any atom is 0.138 e. The number of hydrogen-bond donors (Lipinski definition) is 2. The first-order valence-electron chi connectivity index (χ1n) is 6.94. The molecule has 0 aliphatic rings. The number of nitrogens with zero attached hydrogens (tertiary/aromatic N) is 3. The number of hydrazine groups is 1. The van der Waals surface area contributed by atoms with E-state index in [-0.39, 0.29) is 6.04 Å². The van der Waals surface area contributed by atoms with Crippen LogP contribution in [-0.2, 0) is 13.0 Å². The van der Waals surface area contributed by atoms with E-state index in [2.05, 4.69) is 22.4 Å². The third kappa shape index (κ3) is 4.70. The molecule has 3 N–H and O–H groups in total. The molecule has 2 aromatic rings. The van der Waals surface area contributed by atoms with Gasteiger partial charge in [0.1, 0.15) is 24.5 Å². The summed E-state index contributed by atoms with van der Waals surface area (Å²) in [5.41, 5.74) is 2.76. The second kappa shape index (κ2) is 7.97. The predicted octanol–water partition coefficient (Wildman–Crippen LogP) is 1.79. The Morgan fingerprint density at radius 1 is 1.48 bits per heavy atom. The van der Waals surface area contributed by atoms with E-state index in [1.807, 2.05) is 16.8 Å². The first kappa shape index (κ1) is 15.8. The van der Waals surface area contributed by atoms with Gasteiger partial charge in [-0.3, -0.25) is 16.0 Å². The molecule has 0 radical (unpaired) electrons. The number of nitrogens with one attached hydrogen (secondary N) is 1. The highest BCUT2D eigenvalue weighted by Crippen LogP contribution is 2.17. The van der Waals surface area contributed by atoms with Crippen molar-refractivity contribution >= 4 is 11.6 Å². The summed E-state index contributed by atoms with van der Waals surface area (Å²) < 4.78 is 7.60. The highest BCUT2D eigenvalue weighted by Gasteiger charge is 2.13. The molecule has 1 unspecified atom stereocenters. The standard InChI is InChI=1S/C14H20ClN5O/c1-2-6-20-14(17-10-18-20)8-12(19-16)9-21-13-5-3-4-11(15)7-13/h3-5,7,10,12,19H,2,6,8-9,16H2,1H3. The molecule has 21 heavy (non-hydrogen) atoms. The average molecular weight is 310 g/mol. The lowest BCUT2D eigenvalue weighted by Gasteiger charge is -2.17. The Morgan fingerprint density at radius 3 is 3.05 bits per heavy atom. The zero-order chi connectivity index (χ0) is 15.1. The summed E-state index contributed by atoms with van der Waals surface area (Å²) in [4.78, 5) is 4.27. The van der Waals surface area contributed by atoms with Gasteiger partial charge in [-0.25, -0.2) is 4.98 Å². The molecule has 7 heteroatoms. The fraction of sp³-hybridized carbons (Fsp3) is 0.429. The number of aromatic nitrogens is 3.